The first-order valence-electron chi connectivity index (χ1n) is 6.67. The van der Waals surface area contributed by atoms with Gasteiger partial charge in [0.1, 0.15) is 0 Å². The predicted molar refractivity (Wildman–Crippen MR) is 91.5 cm³/mol. The Morgan fingerprint density at radius 2 is 1.86 bits per heavy atom. The molecule has 2 aromatic heterocycles. The molecule has 0 amide bonds. The van der Waals surface area contributed by atoms with Gasteiger partial charge in [-0.15, -0.1) is 11.3 Å². The van der Waals surface area contributed by atoms with Gasteiger partial charge in [-0.2, -0.15) is 0 Å². The van der Waals surface area contributed by atoms with E-state index < -0.39 is 0 Å². The standard InChI is InChI=1S/C16H15BrN2OS/c1-9(2)10-3-5-11(6-4-10)14-15(20-19-16(14)18)12-7-8-13(17)21-12/h3-9H,1-2H3,(H2,18,19). The van der Waals surface area contributed by atoms with Crippen LogP contribution in [0.15, 0.2) is 44.7 Å². The number of anilines is 1. The molecule has 0 saturated carbocycles. The number of thiophene rings is 1. The Morgan fingerprint density at radius 3 is 2.43 bits per heavy atom. The van der Waals surface area contributed by atoms with Gasteiger partial charge in [-0.25, -0.2) is 0 Å². The Morgan fingerprint density at radius 1 is 1.14 bits per heavy atom. The Bertz CT molecular complexity index is 759. The number of nitrogen functional groups attached to an aromatic ring is 1. The minimum atomic E-state index is 0.423. The normalized spacial score (nSPS) is 11.2. The summed E-state index contributed by atoms with van der Waals surface area (Å²) in [5.74, 6) is 1.65. The van der Waals surface area contributed by atoms with Gasteiger partial charge in [-0.1, -0.05) is 43.3 Å². The lowest BCUT2D eigenvalue weighted by atomic mass is 9.98. The van der Waals surface area contributed by atoms with Gasteiger partial charge < -0.3 is 10.3 Å². The average molecular weight is 363 g/mol. The molecule has 0 saturated heterocycles. The molecule has 0 spiro atoms. The van der Waals surface area contributed by atoms with Crippen molar-refractivity contribution < 1.29 is 4.52 Å². The predicted octanol–water partition coefficient (Wildman–Crippen LogP) is 5.54. The minimum absolute atomic E-state index is 0.423. The van der Waals surface area contributed by atoms with Crippen LogP contribution in [0.2, 0.25) is 0 Å². The number of rotatable bonds is 3. The summed E-state index contributed by atoms with van der Waals surface area (Å²) in [5, 5.41) is 3.93. The van der Waals surface area contributed by atoms with Gasteiger partial charge in [0.05, 0.1) is 14.2 Å². The van der Waals surface area contributed by atoms with Gasteiger partial charge in [0.25, 0.3) is 0 Å². The number of nitrogens with zero attached hydrogens (tertiary/aromatic N) is 1. The quantitative estimate of drug-likeness (QED) is 0.665. The van der Waals surface area contributed by atoms with E-state index in [4.69, 9.17) is 10.3 Å². The molecule has 108 valence electrons. The van der Waals surface area contributed by atoms with E-state index in [-0.39, 0.29) is 0 Å². The highest BCUT2D eigenvalue weighted by Gasteiger charge is 2.19. The van der Waals surface area contributed by atoms with Crippen LogP contribution in [0, 0.1) is 0 Å². The molecule has 0 atom stereocenters. The van der Waals surface area contributed by atoms with E-state index >= 15 is 0 Å². The van der Waals surface area contributed by atoms with Crippen LogP contribution >= 0.6 is 27.3 Å². The van der Waals surface area contributed by atoms with Crippen LogP contribution in [0.4, 0.5) is 5.82 Å². The van der Waals surface area contributed by atoms with Crippen molar-refractivity contribution in [2.45, 2.75) is 19.8 Å². The third-order valence-electron chi connectivity index (χ3n) is 3.38. The van der Waals surface area contributed by atoms with Crippen molar-refractivity contribution in [2.24, 2.45) is 0 Å². The Balaban J connectivity index is 2.08. The summed E-state index contributed by atoms with van der Waals surface area (Å²) in [4.78, 5) is 1.01. The Labute approximate surface area is 135 Å². The zero-order valence-electron chi connectivity index (χ0n) is 11.8. The van der Waals surface area contributed by atoms with Crippen LogP contribution in [0.3, 0.4) is 0 Å². The number of aromatic nitrogens is 1. The molecule has 0 bridgehead atoms. The highest BCUT2D eigenvalue weighted by Crippen LogP contribution is 2.40. The van der Waals surface area contributed by atoms with Gasteiger partial charge in [0.2, 0.25) is 0 Å². The molecule has 0 aliphatic carbocycles. The molecule has 0 radical (unpaired) electrons. The zero-order valence-corrected chi connectivity index (χ0v) is 14.2. The van der Waals surface area contributed by atoms with Gasteiger partial charge in [-0.3, -0.25) is 0 Å². The molecule has 0 fully saturated rings. The van der Waals surface area contributed by atoms with E-state index in [9.17, 15) is 0 Å². The van der Waals surface area contributed by atoms with Crippen LogP contribution in [0.5, 0.6) is 0 Å². The third kappa shape index (κ3) is 2.76. The second kappa shape index (κ2) is 5.66. The number of hydrogen-bond acceptors (Lipinski definition) is 4. The summed E-state index contributed by atoms with van der Waals surface area (Å²) >= 11 is 5.07. The van der Waals surface area contributed by atoms with Crippen molar-refractivity contribution in [2.75, 3.05) is 5.73 Å². The van der Waals surface area contributed by atoms with Crippen LogP contribution in [-0.4, -0.2) is 5.16 Å². The summed E-state index contributed by atoms with van der Waals surface area (Å²) in [5.41, 5.74) is 9.19. The first-order chi connectivity index (χ1) is 10.1. The van der Waals surface area contributed by atoms with Crippen molar-refractivity contribution in [1.29, 1.82) is 0 Å². The van der Waals surface area contributed by atoms with E-state index in [1.807, 2.05) is 12.1 Å². The van der Waals surface area contributed by atoms with Gasteiger partial charge in [0.15, 0.2) is 11.6 Å². The average Bonchev–Trinajstić information content (AvgIpc) is 3.05. The monoisotopic (exact) mass is 362 g/mol. The number of halogens is 1. The minimum Gasteiger partial charge on any atom is -0.380 e. The Kier molecular flexibility index (Phi) is 3.87. The van der Waals surface area contributed by atoms with Gasteiger partial charge in [-0.05, 0) is 45.1 Å². The number of nitrogens with two attached hydrogens (primary N) is 1. The third-order valence-corrected chi connectivity index (χ3v) is 5.00. The van der Waals surface area contributed by atoms with Crippen molar-refractivity contribution >= 4 is 33.1 Å². The molecule has 2 heterocycles. The molecule has 3 rings (SSSR count). The maximum absolute atomic E-state index is 6.00. The molecule has 3 aromatic rings. The van der Waals surface area contributed by atoms with Crippen molar-refractivity contribution in [3.05, 3.63) is 45.7 Å². The zero-order chi connectivity index (χ0) is 15.0. The Hall–Kier alpha value is -1.59. The smallest absolute Gasteiger partial charge is 0.186 e. The molecular weight excluding hydrogens is 348 g/mol. The van der Waals surface area contributed by atoms with Crippen molar-refractivity contribution in [3.63, 3.8) is 0 Å². The van der Waals surface area contributed by atoms with Crippen LogP contribution in [0.1, 0.15) is 25.3 Å². The van der Waals surface area contributed by atoms with E-state index in [1.54, 1.807) is 11.3 Å². The second-order valence-corrected chi connectivity index (χ2v) is 7.62. The van der Waals surface area contributed by atoms with E-state index in [0.717, 1.165) is 25.6 Å². The number of benzene rings is 1. The fourth-order valence-corrected chi connectivity index (χ4v) is 3.59. The van der Waals surface area contributed by atoms with E-state index in [1.165, 1.54) is 5.56 Å². The summed E-state index contributed by atoms with van der Waals surface area (Å²) in [6, 6.07) is 12.4. The molecule has 5 heteroatoms. The second-order valence-electron chi connectivity index (χ2n) is 5.15. The summed E-state index contributed by atoms with van der Waals surface area (Å²) in [6.07, 6.45) is 0. The maximum Gasteiger partial charge on any atom is 0.186 e. The topological polar surface area (TPSA) is 52.0 Å². The highest BCUT2D eigenvalue weighted by atomic mass is 79.9. The van der Waals surface area contributed by atoms with Crippen molar-refractivity contribution in [1.82, 2.24) is 5.16 Å². The summed E-state index contributed by atoms with van der Waals surface area (Å²) in [6.45, 7) is 4.36. The van der Waals surface area contributed by atoms with Crippen LogP contribution < -0.4 is 5.73 Å². The van der Waals surface area contributed by atoms with Crippen LogP contribution in [0.25, 0.3) is 21.8 Å². The summed E-state index contributed by atoms with van der Waals surface area (Å²) < 4.78 is 6.49. The number of hydrogen-bond donors (Lipinski definition) is 1. The SMILES string of the molecule is CC(C)c1ccc(-c2c(N)noc2-c2ccc(Br)s2)cc1. The lowest BCUT2D eigenvalue weighted by Gasteiger charge is -2.07. The molecule has 2 N–H and O–H groups in total. The van der Waals surface area contributed by atoms with E-state index in [0.29, 0.717) is 11.7 Å². The molecular formula is C16H15BrN2OS. The van der Waals surface area contributed by atoms with Gasteiger partial charge >= 0.3 is 0 Å². The summed E-state index contributed by atoms with van der Waals surface area (Å²) in [7, 11) is 0. The first-order valence-corrected chi connectivity index (χ1v) is 8.28. The molecule has 3 nitrogen and oxygen atoms in total. The largest absolute Gasteiger partial charge is 0.380 e. The van der Waals surface area contributed by atoms with Crippen molar-refractivity contribution in [3.8, 4) is 21.8 Å². The van der Waals surface area contributed by atoms with Crippen LogP contribution in [-0.2, 0) is 0 Å². The molecule has 21 heavy (non-hydrogen) atoms. The molecule has 1 aromatic carbocycles. The molecule has 0 unspecified atom stereocenters. The fraction of sp³-hybridized carbons (Fsp3) is 0.188. The first kappa shape index (κ1) is 14.4. The maximum atomic E-state index is 6.00. The van der Waals surface area contributed by atoms with E-state index in [2.05, 4.69) is 59.2 Å². The molecule has 0 aliphatic rings. The lowest BCUT2D eigenvalue weighted by molar-refractivity contribution is 0.437. The highest BCUT2D eigenvalue weighted by molar-refractivity contribution is 9.11. The van der Waals surface area contributed by atoms with Gasteiger partial charge in [0, 0.05) is 0 Å². The molecule has 0 aliphatic heterocycles. The lowest BCUT2D eigenvalue weighted by Crippen LogP contribution is -1.90. The fourth-order valence-electron chi connectivity index (χ4n) is 2.22.